The van der Waals surface area contributed by atoms with Crippen molar-refractivity contribution >= 4 is 71.1 Å². The second-order valence-corrected chi connectivity index (χ2v) is 17.9. The predicted molar refractivity (Wildman–Crippen MR) is 273 cm³/mol. The van der Waals surface area contributed by atoms with E-state index in [2.05, 4.69) is 176 Å². The lowest BCUT2D eigenvalue weighted by atomic mass is 9.66. The highest BCUT2D eigenvalue weighted by Gasteiger charge is 2.52. The molecule has 0 bridgehead atoms. The van der Waals surface area contributed by atoms with Gasteiger partial charge in [-0.05, 0) is 132 Å². The highest BCUT2D eigenvalue weighted by Crippen LogP contribution is 2.62. The molecule has 0 N–H and O–H groups in total. The number of aromatic nitrogens is 5. The van der Waals surface area contributed by atoms with E-state index in [-0.39, 0.29) is 0 Å². The summed E-state index contributed by atoms with van der Waals surface area (Å²) in [6.07, 6.45) is 3.70. The number of rotatable bonds is 3. The molecular formula is C61H33N7O. The number of nitrogens with zero attached hydrogens (tertiary/aromatic N) is 7. The number of hydrogen-bond acceptors (Lipinski definition) is 4. The zero-order valence-corrected chi connectivity index (χ0v) is 36.6. The van der Waals surface area contributed by atoms with E-state index in [1.807, 2.05) is 48.8 Å². The molecule has 0 radical (unpaired) electrons. The van der Waals surface area contributed by atoms with Gasteiger partial charge in [0.05, 0.1) is 68.1 Å². The van der Waals surface area contributed by atoms with Crippen molar-refractivity contribution in [3.63, 3.8) is 0 Å². The summed E-state index contributed by atoms with van der Waals surface area (Å²) in [7, 11) is 0. The van der Waals surface area contributed by atoms with E-state index >= 15 is 0 Å². The number of hydrogen-bond donors (Lipinski definition) is 0. The van der Waals surface area contributed by atoms with Gasteiger partial charge in [0.15, 0.2) is 5.69 Å². The van der Waals surface area contributed by atoms with Gasteiger partial charge in [-0.15, -0.1) is 0 Å². The minimum absolute atomic E-state index is 0.600. The van der Waals surface area contributed by atoms with Crippen molar-refractivity contribution in [2.75, 3.05) is 0 Å². The van der Waals surface area contributed by atoms with E-state index in [0.717, 1.165) is 117 Å². The van der Waals surface area contributed by atoms with E-state index in [1.165, 1.54) is 10.8 Å². The first-order valence-electron chi connectivity index (χ1n) is 22.9. The van der Waals surface area contributed by atoms with E-state index in [1.54, 1.807) is 0 Å². The van der Waals surface area contributed by atoms with Gasteiger partial charge in [0, 0.05) is 67.5 Å². The van der Waals surface area contributed by atoms with Gasteiger partial charge in [-0.3, -0.25) is 9.97 Å². The third kappa shape index (κ3) is 4.88. The molecule has 6 heterocycles. The summed E-state index contributed by atoms with van der Waals surface area (Å²) in [4.78, 5) is 13.9. The smallest absolute Gasteiger partial charge is 0.188 e. The van der Waals surface area contributed by atoms with E-state index in [4.69, 9.17) is 21.3 Å². The fraction of sp³-hybridized carbons (Fsp3) is 0.0164. The normalized spacial score (nSPS) is 13.1. The van der Waals surface area contributed by atoms with Crippen LogP contribution in [-0.2, 0) is 5.41 Å². The number of pyridine rings is 2. The molecule has 1 aliphatic carbocycles. The maximum atomic E-state index is 10.2. The summed E-state index contributed by atoms with van der Waals surface area (Å²) in [5.74, 6) is 1.50. The fourth-order valence-corrected chi connectivity index (χ4v) is 11.9. The second-order valence-electron chi connectivity index (χ2n) is 17.9. The van der Waals surface area contributed by atoms with Crippen molar-refractivity contribution in [3.8, 4) is 46.0 Å². The van der Waals surface area contributed by atoms with Crippen LogP contribution in [0.5, 0.6) is 11.5 Å². The number of nitriles is 1. The molecule has 2 aliphatic rings. The van der Waals surface area contributed by atoms with E-state index in [9.17, 15) is 5.26 Å². The minimum Gasteiger partial charge on any atom is -0.457 e. The molecule has 0 atom stereocenters. The monoisotopic (exact) mass is 879 g/mol. The fourth-order valence-electron chi connectivity index (χ4n) is 11.9. The average Bonchev–Trinajstić information content (AvgIpc) is 4.12. The highest BCUT2D eigenvalue weighted by molar-refractivity contribution is 6.13. The van der Waals surface area contributed by atoms with Gasteiger partial charge in [0.2, 0.25) is 0 Å². The lowest BCUT2D eigenvalue weighted by Gasteiger charge is -2.39. The molecule has 13 aromatic rings. The van der Waals surface area contributed by atoms with Crippen molar-refractivity contribution in [2.45, 2.75) is 5.41 Å². The number of para-hydroxylation sites is 3. The maximum absolute atomic E-state index is 10.2. The van der Waals surface area contributed by atoms with Gasteiger partial charge in [-0.2, -0.15) is 5.26 Å². The third-order valence-electron chi connectivity index (χ3n) is 14.6. The van der Waals surface area contributed by atoms with Crippen LogP contribution in [0.4, 0.5) is 5.69 Å². The maximum Gasteiger partial charge on any atom is 0.188 e. The zero-order valence-electron chi connectivity index (χ0n) is 36.6. The van der Waals surface area contributed by atoms with Crippen LogP contribution in [0.1, 0.15) is 27.8 Å². The largest absolute Gasteiger partial charge is 0.457 e. The van der Waals surface area contributed by atoms with Crippen LogP contribution in [0.2, 0.25) is 0 Å². The van der Waals surface area contributed by atoms with Gasteiger partial charge >= 0.3 is 0 Å². The second kappa shape index (κ2) is 13.6. The number of ether oxygens (including phenoxy) is 1. The highest BCUT2D eigenvalue weighted by atomic mass is 16.5. The predicted octanol–water partition coefficient (Wildman–Crippen LogP) is 14.7. The topological polar surface area (TPSA) is 78.0 Å². The Labute approximate surface area is 394 Å². The number of fused-ring (bicyclic) bond motifs is 18. The molecule has 1 aliphatic heterocycles. The van der Waals surface area contributed by atoms with E-state index < -0.39 is 5.41 Å². The molecule has 0 unspecified atom stereocenters. The lowest BCUT2D eigenvalue weighted by Crippen LogP contribution is -2.32. The van der Waals surface area contributed by atoms with Gasteiger partial charge in [-0.25, -0.2) is 4.85 Å². The van der Waals surface area contributed by atoms with Gasteiger partial charge in [-0.1, -0.05) is 72.8 Å². The molecule has 8 aromatic carbocycles. The first-order valence-corrected chi connectivity index (χ1v) is 22.9. The van der Waals surface area contributed by atoms with Gasteiger partial charge in [0.25, 0.3) is 0 Å². The van der Waals surface area contributed by atoms with Crippen molar-refractivity contribution in [1.82, 2.24) is 23.7 Å². The molecule has 0 amide bonds. The first-order chi connectivity index (χ1) is 34.1. The summed E-state index contributed by atoms with van der Waals surface area (Å²) in [5, 5.41) is 16.8. The Morgan fingerprint density at radius 3 is 1.43 bits per heavy atom. The molecular weight excluding hydrogens is 847 g/mol. The summed E-state index contributed by atoms with van der Waals surface area (Å²) < 4.78 is 14.0. The van der Waals surface area contributed by atoms with Crippen molar-refractivity contribution < 1.29 is 4.74 Å². The van der Waals surface area contributed by atoms with Gasteiger partial charge in [0.1, 0.15) is 11.5 Å². The summed E-state index contributed by atoms with van der Waals surface area (Å²) >= 11 is 0. The first kappa shape index (κ1) is 37.5. The molecule has 8 nitrogen and oxygen atoms in total. The quantitative estimate of drug-likeness (QED) is 0.166. The Balaban J connectivity index is 0.998. The van der Waals surface area contributed by atoms with E-state index in [0.29, 0.717) is 11.3 Å². The molecule has 0 saturated heterocycles. The molecule has 318 valence electrons. The van der Waals surface area contributed by atoms with Crippen LogP contribution in [-0.4, -0.2) is 23.7 Å². The Kier molecular flexibility index (Phi) is 7.41. The Bertz CT molecular complexity index is 4420. The minimum atomic E-state index is -0.880. The Hall–Kier alpha value is -9.76. The Morgan fingerprint density at radius 1 is 0.435 bits per heavy atom. The van der Waals surface area contributed by atoms with Crippen LogP contribution in [0.3, 0.4) is 0 Å². The number of benzene rings is 8. The molecule has 5 aromatic heterocycles. The van der Waals surface area contributed by atoms with Crippen LogP contribution >= 0.6 is 0 Å². The summed E-state index contributed by atoms with van der Waals surface area (Å²) in [6, 6.07) is 68.0. The van der Waals surface area contributed by atoms with Crippen molar-refractivity contribution in [2.24, 2.45) is 0 Å². The van der Waals surface area contributed by atoms with Crippen LogP contribution in [0.25, 0.3) is 98.7 Å². The average molecular weight is 880 g/mol. The molecule has 8 heteroatoms. The molecule has 0 fully saturated rings. The molecule has 1 spiro atoms. The standard InChI is InChI=1S/C61H33N7O/c1-63-37-19-24-55-45(31-37)43-12-4-7-17-53(43)67(55)39-21-26-57-49(33-39)61(47-13-8-28-64-59(47)60-48(61)14-9-29-65-60)50-34-40(22-27-58(50)69-57)68-54-23-18-36(35-62)30-44(54)46-32-38(20-25-56(46)68)66-51-15-5-2-10-41(51)42-11-3-6-16-52(42)66/h2-34H. The van der Waals surface area contributed by atoms with Crippen LogP contribution in [0.15, 0.2) is 200 Å². The van der Waals surface area contributed by atoms with Gasteiger partial charge < -0.3 is 18.4 Å². The zero-order chi connectivity index (χ0) is 45.5. The van der Waals surface area contributed by atoms with Crippen molar-refractivity contribution in [3.05, 3.63) is 240 Å². The SMILES string of the molecule is [C-]#[N+]c1ccc2c(c1)c1ccccc1n2-c1ccc2c(c1)C1(c3cc(-n4c5ccc(C#N)cc5c5cc(-n6c7ccccc7c7ccccc76)ccc54)ccc3O2)c2cccnc2-c2ncccc21. The molecule has 69 heavy (non-hydrogen) atoms. The third-order valence-corrected chi connectivity index (χ3v) is 14.6. The van der Waals surface area contributed by atoms with Crippen LogP contribution in [0, 0.1) is 17.9 Å². The molecule has 0 saturated carbocycles. The molecule has 15 rings (SSSR count). The van der Waals surface area contributed by atoms with Crippen molar-refractivity contribution in [1.29, 1.82) is 5.26 Å². The Morgan fingerprint density at radius 2 is 0.884 bits per heavy atom. The summed E-state index contributed by atoms with van der Waals surface area (Å²) in [5.41, 5.74) is 15.3. The summed E-state index contributed by atoms with van der Waals surface area (Å²) in [6.45, 7) is 7.79. The lowest BCUT2D eigenvalue weighted by molar-refractivity contribution is 0.436. The van der Waals surface area contributed by atoms with Crippen LogP contribution < -0.4 is 4.74 Å².